The quantitative estimate of drug-likeness (QED) is 0.605. The predicted octanol–water partition coefficient (Wildman–Crippen LogP) is 3.44. The monoisotopic (exact) mass is 451 g/mol. The average Bonchev–Trinajstić information content (AvgIpc) is 2.84. The standard InChI is InChI=1S/C24H29N5O2S/c1-19-6-5-7-20(16-19)27-12-14-28(15-13-27)24-18-25-23-17-21(8-9-22(23)26-24)32(30,31)29-10-3-2-4-11-29/h5-9,16-18H,2-4,10-15H2,1H3. The molecule has 32 heavy (non-hydrogen) atoms. The lowest BCUT2D eigenvalue weighted by atomic mass is 10.2. The van der Waals surface area contributed by atoms with Gasteiger partial charge in [-0.3, -0.25) is 4.98 Å². The number of rotatable bonds is 4. The second-order valence-electron chi connectivity index (χ2n) is 8.66. The number of fused-ring (bicyclic) bond motifs is 1. The first-order chi connectivity index (χ1) is 15.5. The van der Waals surface area contributed by atoms with Crippen molar-refractivity contribution in [2.24, 2.45) is 0 Å². The molecule has 168 valence electrons. The van der Waals surface area contributed by atoms with E-state index in [0.717, 1.165) is 56.8 Å². The highest BCUT2D eigenvalue weighted by molar-refractivity contribution is 7.89. The molecule has 8 heteroatoms. The number of sulfonamides is 1. The summed E-state index contributed by atoms with van der Waals surface area (Å²) < 4.78 is 27.5. The minimum atomic E-state index is -3.47. The largest absolute Gasteiger partial charge is 0.368 e. The van der Waals surface area contributed by atoms with Crippen LogP contribution in [0.25, 0.3) is 11.0 Å². The van der Waals surface area contributed by atoms with Crippen LogP contribution in [0.1, 0.15) is 24.8 Å². The lowest BCUT2D eigenvalue weighted by Gasteiger charge is -2.36. The Hall–Kier alpha value is -2.71. The van der Waals surface area contributed by atoms with Gasteiger partial charge in [0.25, 0.3) is 0 Å². The Morgan fingerprint density at radius 1 is 0.812 bits per heavy atom. The van der Waals surface area contributed by atoms with Crippen LogP contribution >= 0.6 is 0 Å². The van der Waals surface area contributed by atoms with Gasteiger partial charge >= 0.3 is 0 Å². The summed E-state index contributed by atoms with van der Waals surface area (Å²) >= 11 is 0. The van der Waals surface area contributed by atoms with Crippen LogP contribution in [0.2, 0.25) is 0 Å². The molecule has 0 N–H and O–H groups in total. The second-order valence-corrected chi connectivity index (χ2v) is 10.6. The Balaban J connectivity index is 1.32. The lowest BCUT2D eigenvalue weighted by molar-refractivity contribution is 0.346. The van der Waals surface area contributed by atoms with Gasteiger partial charge in [0.15, 0.2) is 0 Å². The fraction of sp³-hybridized carbons (Fsp3) is 0.417. The van der Waals surface area contributed by atoms with E-state index in [1.807, 2.05) is 0 Å². The maximum atomic E-state index is 13.0. The molecule has 1 aromatic heterocycles. The van der Waals surface area contributed by atoms with Gasteiger partial charge in [-0.25, -0.2) is 13.4 Å². The van der Waals surface area contributed by atoms with Crippen LogP contribution in [0.15, 0.2) is 53.6 Å². The van der Waals surface area contributed by atoms with Crippen LogP contribution < -0.4 is 9.80 Å². The van der Waals surface area contributed by atoms with Crippen molar-refractivity contribution in [3.8, 4) is 0 Å². The van der Waals surface area contributed by atoms with Gasteiger partial charge in [0.05, 0.1) is 22.1 Å². The maximum Gasteiger partial charge on any atom is 0.243 e. The van der Waals surface area contributed by atoms with E-state index >= 15 is 0 Å². The highest BCUT2D eigenvalue weighted by Crippen LogP contribution is 2.25. The Kier molecular flexibility index (Phi) is 5.73. The first kappa shape index (κ1) is 21.2. The van der Waals surface area contributed by atoms with Crippen molar-refractivity contribution in [2.75, 3.05) is 49.1 Å². The van der Waals surface area contributed by atoms with Crippen molar-refractivity contribution < 1.29 is 8.42 Å². The van der Waals surface area contributed by atoms with Gasteiger partial charge in [0.2, 0.25) is 10.0 Å². The fourth-order valence-corrected chi connectivity index (χ4v) is 6.10. The van der Waals surface area contributed by atoms with Gasteiger partial charge < -0.3 is 9.80 Å². The third-order valence-corrected chi connectivity index (χ3v) is 8.32. The molecule has 3 heterocycles. The summed E-state index contributed by atoms with van der Waals surface area (Å²) in [7, 11) is -3.47. The number of aromatic nitrogens is 2. The molecule has 0 saturated carbocycles. The van der Waals surface area contributed by atoms with E-state index in [2.05, 4.69) is 46.0 Å². The van der Waals surface area contributed by atoms with Crippen LogP contribution in [0.5, 0.6) is 0 Å². The summed E-state index contributed by atoms with van der Waals surface area (Å²) in [6.07, 6.45) is 4.71. The Morgan fingerprint density at radius 3 is 2.31 bits per heavy atom. The average molecular weight is 452 g/mol. The molecule has 7 nitrogen and oxygen atoms in total. The van der Waals surface area contributed by atoms with Crippen LogP contribution in [-0.2, 0) is 10.0 Å². The summed E-state index contributed by atoms with van der Waals surface area (Å²) in [6, 6.07) is 13.7. The van der Waals surface area contributed by atoms with Crippen LogP contribution in [-0.4, -0.2) is 62.0 Å². The first-order valence-electron chi connectivity index (χ1n) is 11.3. The summed E-state index contributed by atoms with van der Waals surface area (Å²) in [5, 5.41) is 0. The number of nitrogens with zero attached hydrogens (tertiary/aromatic N) is 5. The Labute approximate surface area is 189 Å². The van der Waals surface area contributed by atoms with Gasteiger partial charge in [-0.15, -0.1) is 0 Å². The highest BCUT2D eigenvalue weighted by atomic mass is 32.2. The molecule has 3 aromatic rings. The van der Waals surface area contributed by atoms with E-state index in [1.165, 1.54) is 11.3 Å². The zero-order chi connectivity index (χ0) is 22.1. The molecule has 2 aliphatic rings. The van der Waals surface area contributed by atoms with Crippen molar-refractivity contribution in [3.05, 3.63) is 54.2 Å². The molecule has 0 atom stereocenters. The molecule has 0 unspecified atom stereocenters. The van der Waals surface area contributed by atoms with E-state index in [0.29, 0.717) is 23.5 Å². The van der Waals surface area contributed by atoms with Crippen molar-refractivity contribution in [3.63, 3.8) is 0 Å². The minimum absolute atomic E-state index is 0.306. The molecule has 0 aliphatic carbocycles. The lowest BCUT2D eigenvalue weighted by Crippen LogP contribution is -2.46. The normalized spacial score (nSPS) is 18.3. The molecule has 2 saturated heterocycles. The Morgan fingerprint density at radius 2 is 1.56 bits per heavy atom. The van der Waals surface area contributed by atoms with E-state index in [-0.39, 0.29) is 0 Å². The molecule has 0 radical (unpaired) electrons. The molecule has 2 aliphatic heterocycles. The summed E-state index contributed by atoms with van der Waals surface area (Å²) in [5.41, 5.74) is 3.87. The van der Waals surface area contributed by atoms with Gasteiger partial charge in [-0.05, 0) is 55.7 Å². The molecular weight excluding hydrogens is 422 g/mol. The van der Waals surface area contributed by atoms with Crippen molar-refractivity contribution in [1.29, 1.82) is 0 Å². The highest BCUT2D eigenvalue weighted by Gasteiger charge is 2.26. The summed E-state index contributed by atoms with van der Waals surface area (Å²) in [5.74, 6) is 0.841. The molecule has 2 aromatic carbocycles. The maximum absolute atomic E-state index is 13.0. The van der Waals surface area contributed by atoms with Crippen molar-refractivity contribution >= 4 is 32.6 Å². The van der Waals surface area contributed by atoms with Gasteiger partial charge in [0.1, 0.15) is 5.82 Å². The number of hydrogen-bond donors (Lipinski definition) is 0. The summed E-state index contributed by atoms with van der Waals surface area (Å²) in [4.78, 5) is 14.3. The second kappa shape index (κ2) is 8.67. The number of piperazine rings is 1. The number of anilines is 2. The molecular formula is C24H29N5O2S. The van der Waals surface area contributed by atoms with Crippen LogP contribution in [0, 0.1) is 6.92 Å². The Bertz CT molecular complexity index is 1220. The van der Waals surface area contributed by atoms with Gasteiger partial charge in [-0.2, -0.15) is 4.31 Å². The van der Waals surface area contributed by atoms with Crippen LogP contribution in [0.4, 0.5) is 11.5 Å². The molecule has 2 fully saturated rings. The fourth-order valence-electron chi connectivity index (χ4n) is 4.57. The van der Waals surface area contributed by atoms with Gasteiger partial charge in [-0.1, -0.05) is 18.6 Å². The smallest absolute Gasteiger partial charge is 0.243 e. The number of piperidine rings is 1. The van der Waals surface area contributed by atoms with E-state index in [9.17, 15) is 8.42 Å². The number of hydrogen-bond acceptors (Lipinski definition) is 6. The summed E-state index contributed by atoms with van der Waals surface area (Å²) in [6.45, 7) is 6.91. The zero-order valence-corrected chi connectivity index (χ0v) is 19.3. The SMILES string of the molecule is Cc1cccc(N2CCN(c3cnc4cc(S(=O)(=O)N5CCCCC5)ccc4n3)CC2)c1. The first-order valence-corrected chi connectivity index (χ1v) is 12.8. The van der Waals surface area contributed by atoms with Crippen molar-refractivity contribution in [1.82, 2.24) is 14.3 Å². The molecule has 0 spiro atoms. The molecule has 5 rings (SSSR count). The minimum Gasteiger partial charge on any atom is -0.368 e. The molecule has 0 amide bonds. The third-order valence-electron chi connectivity index (χ3n) is 6.42. The zero-order valence-electron chi connectivity index (χ0n) is 18.4. The molecule has 0 bridgehead atoms. The number of aryl methyl sites for hydroxylation is 1. The van der Waals surface area contributed by atoms with Crippen molar-refractivity contribution in [2.45, 2.75) is 31.1 Å². The number of benzene rings is 2. The van der Waals surface area contributed by atoms with E-state index in [4.69, 9.17) is 4.98 Å². The van der Waals surface area contributed by atoms with Gasteiger partial charge in [0, 0.05) is 45.0 Å². The topological polar surface area (TPSA) is 69.6 Å². The van der Waals surface area contributed by atoms with E-state index < -0.39 is 10.0 Å². The van der Waals surface area contributed by atoms with E-state index in [1.54, 1.807) is 28.7 Å². The third kappa shape index (κ3) is 4.17. The van der Waals surface area contributed by atoms with Crippen LogP contribution in [0.3, 0.4) is 0 Å². The predicted molar refractivity (Wildman–Crippen MR) is 128 cm³/mol.